The number of nitrogens with zero attached hydrogens (tertiary/aromatic N) is 2. The number of hydrogen-bond acceptors (Lipinski definition) is 3. The van der Waals surface area contributed by atoms with Gasteiger partial charge in [-0.15, -0.1) is 0 Å². The van der Waals surface area contributed by atoms with E-state index in [0.29, 0.717) is 5.82 Å². The maximum Gasteiger partial charge on any atom is 0.356 e. The Labute approximate surface area is 118 Å². The predicted molar refractivity (Wildman–Crippen MR) is 74.5 cm³/mol. The summed E-state index contributed by atoms with van der Waals surface area (Å²) >= 11 is 0. The Morgan fingerprint density at radius 2 is 1.71 bits per heavy atom. The molecule has 2 N–H and O–H groups in total. The first-order valence-corrected chi connectivity index (χ1v) is 6.12. The van der Waals surface area contributed by atoms with Crippen molar-refractivity contribution in [1.29, 1.82) is 0 Å². The average Bonchev–Trinajstić information content (AvgIpc) is 2.87. The molecule has 2 heterocycles. The maximum absolute atomic E-state index is 11.3. The number of benzene rings is 1. The van der Waals surface area contributed by atoms with E-state index in [9.17, 15) is 14.7 Å². The molecule has 0 atom stereocenters. The largest absolute Gasteiger partial charge is 0.478 e. The summed E-state index contributed by atoms with van der Waals surface area (Å²) in [5.41, 5.74) is 0.853. The van der Waals surface area contributed by atoms with E-state index in [4.69, 9.17) is 5.11 Å². The number of aromatic nitrogens is 2. The third-order valence-electron chi connectivity index (χ3n) is 3.12. The number of carbonyl (C=O) groups is 2. The third-order valence-corrected chi connectivity index (χ3v) is 3.12. The van der Waals surface area contributed by atoms with Crippen LogP contribution in [0.1, 0.15) is 20.8 Å². The summed E-state index contributed by atoms with van der Waals surface area (Å²) in [6, 6.07) is 11.8. The molecule has 3 aromatic rings. The van der Waals surface area contributed by atoms with Crippen LogP contribution in [0.25, 0.3) is 16.9 Å². The minimum absolute atomic E-state index is 0.0181. The fraction of sp³-hybridized carbons (Fsp3) is 0. The molecule has 0 fully saturated rings. The van der Waals surface area contributed by atoms with Gasteiger partial charge in [-0.2, -0.15) is 0 Å². The number of imidazole rings is 1. The van der Waals surface area contributed by atoms with Crippen LogP contribution in [0.2, 0.25) is 0 Å². The minimum Gasteiger partial charge on any atom is -0.478 e. The normalized spacial score (nSPS) is 10.7. The van der Waals surface area contributed by atoms with Crippen molar-refractivity contribution in [2.45, 2.75) is 0 Å². The Hall–Kier alpha value is -3.15. The summed E-state index contributed by atoms with van der Waals surface area (Å²) in [5, 5.41) is 18.3. The van der Waals surface area contributed by atoms with Crippen LogP contribution >= 0.6 is 0 Å². The first-order valence-electron chi connectivity index (χ1n) is 6.12. The molecule has 0 saturated heterocycles. The summed E-state index contributed by atoms with van der Waals surface area (Å²) in [7, 11) is 0. The van der Waals surface area contributed by atoms with Gasteiger partial charge in [0.15, 0.2) is 5.69 Å². The highest BCUT2D eigenvalue weighted by atomic mass is 16.4. The highest BCUT2D eigenvalue weighted by Gasteiger charge is 2.19. The van der Waals surface area contributed by atoms with Crippen molar-refractivity contribution in [2.75, 3.05) is 0 Å². The summed E-state index contributed by atoms with van der Waals surface area (Å²) in [4.78, 5) is 26.5. The van der Waals surface area contributed by atoms with Gasteiger partial charge in [0, 0.05) is 11.8 Å². The highest BCUT2D eigenvalue weighted by Crippen LogP contribution is 2.23. The lowest BCUT2D eigenvalue weighted by molar-refractivity contribution is 0.0682. The zero-order valence-electron chi connectivity index (χ0n) is 10.7. The van der Waals surface area contributed by atoms with Crippen LogP contribution in [-0.4, -0.2) is 31.5 Å². The van der Waals surface area contributed by atoms with Gasteiger partial charge in [-0.05, 0) is 12.1 Å². The van der Waals surface area contributed by atoms with Crippen molar-refractivity contribution in [3.63, 3.8) is 0 Å². The van der Waals surface area contributed by atoms with E-state index in [1.165, 1.54) is 18.3 Å². The lowest BCUT2D eigenvalue weighted by Gasteiger charge is -2.02. The lowest BCUT2D eigenvalue weighted by atomic mass is 10.2. The van der Waals surface area contributed by atoms with E-state index in [1.54, 1.807) is 4.40 Å². The standard InChI is InChI=1S/C15H10N2O4/c18-14(19)10-6-7-17-11(8-10)12(15(20)21)16-13(17)9-4-2-1-3-5-9/h1-8H,(H,18,19)(H,20,21). The van der Waals surface area contributed by atoms with Gasteiger partial charge < -0.3 is 10.2 Å². The van der Waals surface area contributed by atoms with Crippen molar-refractivity contribution in [3.8, 4) is 11.4 Å². The van der Waals surface area contributed by atoms with Gasteiger partial charge in [-0.25, -0.2) is 14.6 Å². The summed E-state index contributed by atoms with van der Waals surface area (Å²) in [6.45, 7) is 0. The monoisotopic (exact) mass is 282 g/mol. The molecule has 6 nitrogen and oxygen atoms in total. The summed E-state index contributed by atoms with van der Waals surface area (Å²) in [5.74, 6) is -1.85. The van der Waals surface area contributed by atoms with Gasteiger partial charge in [0.1, 0.15) is 5.82 Å². The van der Waals surface area contributed by atoms with Crippen LogP contribution in [0.3, 0.4) is 0 Å². The van der Waals surface area contributed by atoms with Gasteiger partial charge in [0.05, 0.1) is 11.1 Å². The molecule has 2 aromatic heterocycles. The van der Waals surface area contributed by atoms with Crippen molar-refractivity contribution in [2.24, 2.45) is 0 Å². The van der Waals surface area contributed by atoms with E-state index in [0.717, 1.165) is 5.56 Å². The van der Waals surface area contributed by atoms with E-state index in [2.05, 4.69) is 4.98 Å². The van der Waals surface area contributed by atoms with Crippen molar-refractivity contribution in [3.05, 3.63) is 59.9 Å². The summed E-state index contributed by atoms with van der Waals surface area (Å²) < 4.78 is 1.57. The Morgan fingerprint density at radius 3 is 2.33 bits per heavy atom. The van der Waals surface area contributed by atoms with Crippen LogP contribution in [0, 0.1) is 0 Å². The first kappa shape index (κ1) is 12.9. The number of rotatable bonds is 3. The molecule has 21 heavy (non-hydrogen) atoms. The van der Waals surface area contributed by atoms with Gasteiger partial charge in [-0.3, -0.25) is 4.40 Å². The fourth-order valence-electron chi connectivity index (χ4n) is 2.17. The SMILES string of the molecule is O=C(O)c1ccn2c(-c3ccccc3)nc(C(=O)O)c2c1. The quantitative estimate of drug-likeness (QED) is 0.769. The zero-order chi connectivity index (χ0) is 15.0. The summed E-state index contributed by atoms with van der Waals surface area (Å²) in [6.07, 6.45) is 1.51. The highest BCUT2D eigenvalue weighted by molar-refractivity contribution is 5.97. The predicted octanol–water partition coefficient (Wildman–Crippen LogP) is 2.40. The number of carboxylic acids is 2. The van der Waals surface area contributed by atoms with Crippen LogP contribution in [0.4, 0.5) is 0 Å². The van der Waals surface area contributed by atoms with E-state index < -0.39 is 11.9 Å². The molecule has 1 aromatic carbocycles. The van der Waals surface area contributed by atoms with Gasteiger partial charge in [0.2, 0.25) is 0 Å². The molecular formula is C15H10N2O4. The molecule has 0 saturated carbocycles. The number of carboxylic acid groups (broad SMARTS) is 2. The van der Waals surface area contributed by atoms with Crippen LogP contribution in [0.5, 0.6) is 0 Å². The van der Waals surface area contributed by atoms with Crippen LogP contribution in [-0.2, 0) is 0 Å². The molecular weight excluding hydrogens is 272 g/mol. The molecule has 0 aliphatic heterocycles. The molecule has 0 aliphatic carbocycles. The average molecular weight is 282 g/mol. The van der Waals surface area contributed by atoms with Crippen molar-refractivity contribution >= 4 is 17.5 Å². The number of pyridine rings is 1. The minimum atomic E-state index is -1.20. The van der Waals surface area contributed by atoms with Crippen molar-refractivity contribution < 1.29 is 19.8 Å². The van der Waals surface area contributed by atoms with Gasteiger partial charge in [-0.1, -0.05) is 30.3 Å². The topological polar surface area (TPSA) is 91.9 Å². The van der Waals surface area contributed by atoms with E-state index >= 15 is 0 Å². The Kier molecular flexibility index (Phi) is 2.91. The molecule has 6 heteroatoms. The molecule has 3 rings (SSSR count). The second kappa shape index (κ2) is 4.75. The second-order valence-electron chi connectivity index (χ2n) is 4.43. The Bertz CT molecular complexity index is 853. The molecule has 0 radical (unpaired) electrons. The van der Waals surface area contributed by atoms with Crippen molar-refractivity contribution in [1.82, 2.24) is 9.38 Å². The zero-order valence-corrected chi connectivity index (χ0v) is 10.7. The maximum atomic E-state index is 11.3. The lowest BCUT2D eigenvalue weighted by Crippen LogP contribution is -2.00. The molecule has 0 bridgehead atoms. The second-order valence-corrected chi connectivity index (χ2v) is 4.43. The number of fused-ring (bicyclic) bond motifs is 1. The Morgan fingerprint density at radius 1 is 1.00 bits per heavy atom. The molecule has 0 amide bonds. The molecule has 0 unspecified atom stereocenters. The van der Waals surface area contributed by atoms with Crippen LogP contribution in [0.15, 0.2) is 48.7 Å². The van der Waals surface area contributed by atoms with Crippen LogP contribution < -0.4 is 0 Å². The van der Waals surface area contributed by atoms with Gasteiger partial charge >= 0.3 is 11.9 Å². The Balaban J connectivity index is 2.33. The smallest absolute Gasteiger partial charge is 0.356 e. The first-order chi connectivity index (χ1) is 10.1. The fourth-order valence-corrected chi connectivity index (χ4v) is 2.17. The number of hydrogen-bond donors (Lipinski definition) is 2. The molecule has 104 valence electrons. The third kappa shape index (κ3) is 2.12. The molecule has 0 aliphatic rings. The van der Waals surface area contributed by atoms with E-state index in [1.807, 2.05) is 30.3 Å². The number of aromatic carboxylic acids is 2. The van der Waals surface area contributed by atoms with E-state index in [-0.39, 0.29) is 16.8 Å². The molecule has 0 spiro atoms. The van der Waals surface area contributed by atoms with Gasteiger partial charge in [0.25, 0.3) is 0 Å².